The highest BCUT2D eigenvalue weighted by atomic mass is 28.3. The summed E-state index contributed by atoms with van der Waals surface area (Å²) in [5.74, 6) is 0. The first kappa shape index (κ1) is 15.3. The average molecular weight is 270 g/mol. The summed E-state index contributed by atoms with van der Waals surface area (Å²) >= 11 is 0. The fourth-order valence-corrected chi connectivity index (χ4v) is 2.11. The van der Waals surface area contributed by atoms with Crippen molar-refractivity contribution in [1.29, 1.82) is 0 Å². The third-order valence-corrected chi connectivity index (χ3v) is 3.68. The molecule has 18 heavy (non-hydrogen) atoms. The number of hydrogen-bond donors (Lipinski definition) is 2. The molecule has 0 spiro atoms. The van der Waals surface area contributed by atoms with Crippen LogP contribution in [0.4, 0.5) is 0 Å². The molecule has 3 N–H and O–H groups in total. The summed E-state index contributed by atoms with van der Waals surface area (Å²) in [5.41, 5.74) is 9.74. The van der Waals surface area contributed by atoms with Gasteiger partial charge in [-0.15, -0.1) is 0 Å². The van der Waals surface area contributed by atoms with Crippen LogP contribution in [0.3, 0.4) is 0 Å². The molecule has 0 heterocycles. The van der Waals surface area contributed by atoms with Crippen LogP contribution in [-0.4, -0.2) is 37.0 Å². The van der Waals surface area contributed by atoms with Gasteiger partial charge in [0.05, 0.1) is 6.17 Å². The summed E-state index contributed by atoms with van der Waals surface area (Å²) < 4.78 is 14.2. The van der Waals surface area contributed by atoms with E-state index in [2.05, 4.69) is 23.5 Å². The molecule has 0 bridgehead atoms. The van der Waals surface area contributed by atoms with Crippen LogP contribution in [0.5, 0.6) is 0 Å². The molecule has 2 aliphatic carbocycles. The van der Waals surface area contributed by atoms with Crippen molar-refractivity contribution in [1.82, 2.24) is 5.32 Å². The Kier molecular flexibility index (Phi) is 6.48. The lowest BCUT2D eigenvalue weighted by atomic mass is 10.3. The monoisotopic (exact) mass is 270 g/mol. The van der Waals surface area contributed by atoms with E-state index in [1.807, 2.05) is 6.92 Å². The van der Waals surface area contributed by atoms with Crippen molar-refractivity contribution < 1.29 is 13.3 Å². The molecule has 0 aliphatic heterocycles. The fraction of sp³-hybridized carbons (Fsp3) is 0.500. The van der Waals surface area contributed by atoms with Crippen LogP contribution in [0.25, 0.3) is 11.1 Å². The largest absolute Gasteiger partial charge is 0.483 e. The summed E-state index contributed by atoms with van der Waals surface area (Å²) in [6.07, 6.45) is 0.0827. The Hall–Kier alpha value is -0.763. The topological polar surface area (TPSA) is 65.7 Å². The molecule has 0 saturated heterocycles. The van der Waals surface area contributed by atoms with E-state index in [1.165, 1.54) is 16.7 Å². The molecule has 0 saturated carbocycles. The highest BCUT2D eigenvalue weighted by Gasteiger charge is 2.16. The lowest BCUT2D eigenvalue weighted by molar-refractivity contribution is 0.163. The lowest BCUT2D eigenvalue weighted by Crippen LogP contribution is -2.33. The third kappa shape index (κ3) is 4.85. The summed E-state index contributed by atoms with van der Waals surface area (Å²) in [6.45, 7) is 2.84. The predicted molar refractivity (Wildman–Crippen MR) is 74.1 cm³/mol. The van der Waals surface area contributed by atoms with Gasteiger partial charge in [-0.05, 0) is 29.7 Å². The lowest BCUT2D eigenvalue weighted by Gasteiger charge is -2.06. The molecule has 6 heteroatoms. The fourth-order valence-electron chi connectivity index (χ4n) is 1.53. The van der Waals surface area contributed by atoms with Crippen molar-refractivity contribution in [2.45, 2.75) is 19.6 Å². The smallest absolute Gasteiger partial charge is 0.379 e. The van der Waals surface area contributed by atoms with Gasteiger partial charge in [0.15, 0.2) is 0 Å². The molecule has 2 aliphatic rings. The van der Waals surface area contributed by atoms with Crippen LogP contribution in [0.1, 0.15) is 12.5 Å². The van der Waals surface area contributed by atoms with E-state index in [0.717, 1.165) is 6.54 Å². The second-order valence-corrected chi connectivity index (χ2v) is 6.03. The average Bonchev–Trinajstić information content (AvgIpc) is 3.03. The minimum absolute atomic E-state index is 0.0827. The summed E-state index contributed by atoms with van der Waals surface area (Å²) in [6, 6.07) is 6.49. The van der Waals surface area contributed by atoms with Crippen LogP contribution in [-0.2, 0) is 19.8 Å². The molecule has 102 valence electrons. The molecule has 0 aromatic rings. The zero-order valence-corrected chi connectivity index (χ0v) is 12.6. The number of nitrogens with one attached hydrogen (secondary N) is 1. The van der Waals surface area contributed by atoms with Gasteiger partial charge in [-0.25, -0.2) is 0 Å². The van der Waals surface area contributed by atoms with Crippen LogP contribution < -0.4 is 11.1 Å². The summed E-state index contributed by atoms with van der Waals surface area (Å²) in [7, 11) is 3.05. The van der Waals surface area contributed by atoms with Crippen LogP contribution >= 0.6 is 0 Å². The SMILES string of the molecule is CC(N)NCc1ccc2cc1-2.CO[SiH](OC)OC. The quantitative estimate of drug-likeness (QED) is 0.597. The highest BCUT2D eigenvalue weighted by Crippen LogP contribution is 2.37. The second-order valence-electron chi connectivity index (χ2n) is 4.04. The number of rotatable bonds is 6. The Morgan fingerprint density at radius 1 is 1.22 bits per heavy atom. The van der Waals surface area contributed by atoms with Gasteiger partial charge in [0, 0.05) is 27.9 Å². The van der Waals surface area contributed by atoms with Crippen molar-refractivity contribution in [3.05, 3.63) is 23.8 Å². The third-order valence-electron chi connectivity index (χ3n) is 2.53. The highest BCUT2D eigenvalue weighted by molar-refractivity contribution is 6.36. The van der Waals surface area contributed by atoms with Gasteiger partial charge in [-0.1, -0.05) is 12.1 Å². The van der Waals surface area contributed by atoms with E-state index in [-0.39, 0.29) is 6.17 Å². The first-order valence-electron chi connectivity index (χ1n) is 5.83. The first-order chi connectivity index (χ1) is 8.62. The number of fused-ring (bicyclic) bond motifs is 1. The van der Waals surface area contributed by atoms with Gasteiger partial charge in [-0.3, -0.25) is 5.32 Å². The molecular weight excluding hydrogens is 248 g/mol. The van der Waals surface area contributed by atoms with E-state index in [0.29, 0.717) is 0 Å². The molecule has 0 amide bonds. The molecule has 0 radical (unpaired) electrons. The number of hydrogen-bond acceptors (Lipinski definition) is 5. The Morgan fingerprint density at radius 2 is 1.83 bits per heavy atom. The zero-order chi connectivity index (χ0) is 13.5. The Balaban J connectivity index is 0.000000203. The van der Waals surface area contributed by atoms with Gasteiger partial charge in [0.1, 0.15) is 0 Å². The molecule has 1 atom stereocenters. The maximum Gasteiger partial charge on any atom is 0.483 e. The van der Waals surface area contributed by atoms with Gasteiger partial charge in [0.25, 0.3) is 0 Å². The standard InChI is InChI=1S/C9H12N2.C3H10O3Si/c1-6(10)11-5-8-3-2-7-4-9(7)8;1-4-7(5-2)6-3/h2-4,6,11H,5,10H2,1H3;7H,1-3H3. The van der Waals surface area contributed by atoms with Gasteiger partial charge in [0.2, 0.25) is 0 Å². The van der Waals surface area contributed by atoms with Gasteiger partial charge < -0.3 is 19.0 Å². The van der Waals surface area contributed by atoms with Crippen LogP contribution in [0.15, 0.2) is 18.2 Å². The minimum atomic E-state index is -1.67. The second kappa shape index (κ2) is 7.62. The van der Waals surface area contributed by atoms with E-state index in [9.17, 15) is 0 Å². The Bertz CT molecular complexity index is 365. The molecule has 0 aromatic carbocycles. The first-order valence-corrected chi connectivity index (χ1v) is 7.24. The maximum absolute atomic E-state index is 5.55. The van der Waals surface area contributed by atoms with Crippen LogP contribution in [0, 0.1) is 0 Å². The van der Waals surface area contributed by atoms with Gasteiger partial charge in [-0.2, -0.15) is 0 Å². The van der Waals surface area contributed by atoms with E-state index in [4.69, 9.17) is 19.0 Å². The van der Waals surface area contributed by atoms with Crippen molar-refractivity contribution >= 4 is 9.53 Å². The predicted octanol–water partition coefficient (Wildman–Crippen LogP) is 0.704. The molecule has 0 aromatic heterocycles. The normalized spacial score (nSPS) is 13.0. The Labute approximate surface area is 110 Å². The molecular formula is C12H22N2O3Si. The number of benzene rings is 1. The van der Waals surface area contributed by atoms with E-state index >= 15 is 0 Å². The van der Waals surface area contributed by atoms with Crippen molar-refractivity contribution in [3.8, 4) is 11.1 Å². The van der Waals surface area contributed by atoms with E-state index < -0.39 is 9.53 Å². The number of nitrogens with two attached hydrogens (primary N) is 1. The maximum atomic E-state index is 5.55. The molecule has 2 rings (SSSR count). The van der Waals surface area contributed by atoms with Gasteiger partial charge >= 0.3 is 9.53 Å². The molecule has 5 nitrogen and oxygen atoms in total. The van der Waals surface area contributed by atoms with Crippen molar-refractivity contribution in [2.75, 3.05) is 21.3 Å². The van der Waals surface area contributed by atoms with Crippen LogP contribution in [0.2, 0.25) is 0 Å². The van der Waals surface area contributed by atoms with Crippen molar-refractivity contribution in [2.24, 2.45) is 5.73 Å². The zero-order valence-electron chi connectivity index (χ0n) is 11.4. The van der Waals surface area contributed by atoms with Crippen molar-refractivity contribution in [3.63, 3.8) is 0 Å². The summed E-state index contributed by atoms with van der Waals surface area (Å²) in [4.78, 5) is 0. The Morgan fingerprint density at radius 3 is 2.11 bits per heavy atom. The summed E-state index contributed by atoms with van der Waals surface area (Å²) in [5, 5.41) is 3.18. The minimum Gasteiger partial charge on any atom is -0.379 e. The molecule has 1 unspecified atom stereocenters. The van der Waals surface area contributed by atoms with E-state index in [1.54, 1.807) is 21.3 Å². The molecule has 0 fully saturated rings.